The zero-order valence-corrected chi connectivity index (χ0v) is 18.0. The standard InChI is InChI=1S/C21H16BrClN2O2S/c1-12-10-15(23)6-8-17(12)24-21-25-20(26)19(28-21)11-16-7-9-18(27-16)13-2-4-14(22)5-3-13/h2-11,21,24H,1H3,(H,25,26)/b19-11-. The maximum atomic E-state index is 12.3. The molecule has 1 saturated heterocycles. The van der Waals surface area contributed by atoms with E-state index in [2.05, 4.69) is 26.6 Å². The first-order valence-electron chi connectivity index (χ1n) is 8.55. The second-order valence-corrected chi connectivity index (χ2v) is 8.79. The minimum Gasteiger partial charge on any atom is -0.457 e. The molecule has 0 bridgehead atoms. The minimum atomic E-state index is -0.250. The van der Waals surface area contributed by atoms with E-state index in [4.69, 9.17) is 16.0 Å². The number of benzene rings is 2. The quantitative estimate of drug-likeness (QED) is 0.437. The van der Waals surface area contributed by atoms with Crippen molar-refractivity contribution in [3.63, 3.8) is 0 Å². The van der Waals surface area contributed by atoms with E-state index in [1.165, 1.54) is 11.8 Å². The van der Waals surface area contributed by atoms with Crippen LogP contribution in [0.4, 0.5) is 5.69 Å². The Morgan fingerprint density at radius 1 is 1.18 bits per heavy atom. The van der Waals surface area contributed by atoms with Crippen LogP contribution < -0.4 is 10.6 Å². The summed E-state index contributed by atoms with van der Waals surface area (Å²) in [7, 11) is 0. The van der Waals surface area contributed by atoms with E-state index in [1.807, 2.05) is 61.5 Å². The maximum absolute atomic E-state index is 12.3. The van der Waals surface area contributed by atoms with Gasteiger partial charge in [-0.3, -0.25) is 4.79 Å². The van der Waals surface area contributed by atoms with Crippen LogP contribution in [-0.2, 0) is 4.79 Å². The predicted molar refractivity (Wildman–Crippen MR) is 119 cm³/mol. The molecule has 0 radical (unpaired) electrons. The van der Waals surface area contributed by atoms with Crippen LogP contribution in [-0.4, -0.2) is 11.4 Å². The molecular weight excluding hydrogens is 460 g/mol. The van der Waals surface area contributed by atoms with Gasteiger partial charge in [0.2, 0.25) is 0 Å². The Hall–Kier alpha value is -2.15. The molecule has 3 aromatic rings. The highest BCUT2D eigenvalue weighted by Gasteiger charge is 2.27. The lowest BCUT2D eigenvalue weighted by Gasteiger charge is -2.14. The van der Waals surface area contributed by atoms with Gasteiger partial charge in [0.1, 0.15) is 11.5 Å². The number of hydrogen-bond donors (Lipinski definition) is 2. The summed E-state index contributed by atoms with van der Waals surface area (Å²) in [6.45, 7) is 1.97. The normalized spacial score (nSPS) is 17.8. The summed E-state index contributed by atoms with van der Waals surface area (Å²) in [5.74, 6) is 1.27. The third kappa shape index (κ3) is 4.29. The highest BCUT2D eigenvalue weighted by molar-refractivity contribution is 9.10. The monoisotopic (exact) mass is 474 g/mol. The summed E-state index contributed by atoms with van der Waals surface area (Å²) >= 11 is 10.8. The molecule has 1 fully saturated rings. The molecule has 1 aromatic heterocycles. The van der Waals surface area contributed by atoms with Gasteiger partial charge in [-0.15, -0.1) is 0 Å². The second-order valence-electron chi connectivity index (χ2n) is 6.29. The largest absolute Gasteiger partial charge is 0.457 e. The first kappa shape index (κ1) is 19.2. The first-order chi connectivity index (χ1) is 13.5. The Morgan fingerprint density at radius 2 is 1.96 bits per heavy atom. The highest BCUT2D eigenvalue weighted by atomic mass is 79.9. The van der Waals surface area contributed by atoms with Crippen molar-refractivity contribution in [2.45, 2.75) is 12.4 Å². The van der Waals surface area contributed by atoms with Crippen molar-refractivity contribution in [1.29, 1.82) is 0 Å². The van der Waals surface area contributed by atoms with Gasteiger partial charge in [-0.1, -0.05) is 51.4 Å². The van der Waals surface area contributed by atoms with Gasteiger partial charge in [0.15, 0.2) is 5.50 Å². The molecule has 1 unspecified atom stereocenters. The molecule has 1 atom stereocenters. The molecule has 142 valence electrons. The Kier molecular flexibility index (Phi) is 5.53. The van der Waals surface area contributed by atoms with Crippen LogP contribution >= 0.6 is 39.3 Å². The first-order valence-corrected chi connectivity index (χ1v) is 10.6. The number of amides is 1. The molecule has 1 aliphatic rings. The Bertz CT molecular complexity index is 1060. The van der Waals surface area contributed by atoms with Crippen molar-refractivity contribution in [2.24, 2.45) is 0 Å². The molecule has 2 aromatic carbocycles. The van der Waals surface area contributed by atoms with Crippen molar-refractivity contribution in [3.05, 3.63) is 80.3 Å². The zero-order chi connectivity index (χ0) is 19.7. The van der Waals surface area contributed by atoms with Gasteiger partial charge in [0.05, 0.1) is 4.91 Å². The van der Waals surface area contributed by atoms with Gasteiger partial charge >= 0.3 is 0 Å². The van der Waals surface area contributed by atoms with Gasteiger partial charge in [-0.05, 0) is 55.0 Å². The van der Waals surface area contributed by atoms with Gasteiger partial charge in [0, 0.05) is 26.8 Å². The van der Waals surface area contributed by atoms with Gasteiger partial charge in [-0.2, -0.15) is 0 Å². The van der Waals surface area contributed by atoms with Crippen molar-refractivity contribution < 1.29 is 9.21 Å². The molecule has 1 aliphatic heterocycles. The van der Waals surface area contributed by atoms with Crippen molar-refractivity contribution in [1.82, 2.24) is 5.32 Å². The van der Waals surface area contributed by atoms with E-state index in [1.54, 1.807) is 6.08 Å². The molecule has 0 aliphatic carbocycles. The van der Waals surface area contributed by atoms with E-state index >= 15 is 0 Å². The van der Waals surface area contributed by atoms with E-state index in [-0.39, 0.29) is 11.4 Å². The van der Waals surface area contributed by atoms with Crippen molar-refractivity contribution >= 4 is 57.0 Å². The zero-order valence-electron chi connectivity index (χ0n) is 14.8. The molecular formula is C21H16BrClN2O2S. The van der Waals surface area contributed by atoms with Gasteiger partial charge in [-0.25, -0.2) is 0 Å². The molecule has 0 saturated carbocycles. The number of aryl methyl sites for hydroxylation is 1. The molecule has 28 heavy (non-hydrogen) atoms. The fourth-order valence-corrected chi connectivity index (χ4v) is 4.27. The summed E-state index contributed by atoms with van der Waals surface area (Å²) in [5.41, 5.74) is 2.68. The summed E-state index contributed by atoms with van der Waals surface area (Å²) < 4.78 is 6.90. The summed E-state index contributed by atoms with van der Waals surface area (Å²) in [6.07, 6.45) is 1.76. The van der Waals surface area contributed by atoms with Crippen LogP contribution in [0.3, 0.4) is 0 Å². The number of furan rings is 1. The molecule has 0 spiro atoms. The number of carbonyl (C=O) groups is 1. The van der Waals surface area contributed by atoms with E-state index in [0.717, 1.165) is 27.0 Å². The van der Waals surface area contributed by atoms with Gasteiger partial charge in [0.25, 0.3) is 5.91 Å². The van der Waals surface area contributed by atoms with Crippen LogP contribution in [0.1, 0.15) is 11.3 Å². The SMILES string of the molecule is Cc1cc(Cl)ccc1NC1NC(=O)/C(=C/c2ccc(-c3ccc(Br)cc3)o2)S1. The fraction of sp³-hybridized carbons (Fsp3) is 0.0952. The number of rotatable bonds is 4. The van der Waals surface area contributed by atoms with Crippen LogP contribution in [0.25, 0.3) is 17.4 Å². The summed E-state index contributed by atoms with van der Waals surface area (Å²) in [5, 5.41) is 6.93. The fourth-order valence-electron chi connectivity index (χ4n) is 2.82. The lowest BCUT2D eigenvalue weighted by molar-refractivity contribution is -0.116. The lowest BCUT2D eigenvalue weighted by Crippen LogP contribution is -2.31. The summed E-state index contributed by atoms with van der Waals surface area (Å²) in [4.78, 5) is 12.9. The maximum Gasteiger partial charge on any atom is 0.260 e. The lowest BCUT2D eigenvalue weighted by atomic mass is 10.2. The third-order valence-electron chi connectivity index (χ3n) is 4.23. The number of hydrogen-bond acceptors (Lipinski definition) is 4. The average Bonchev–Trinajstić information content (AvgIpc) is 3.25. The van der Waals surface area contributed by atoms with E-state index < -0.39 is 0 Å². The van der Waals surface area contributed by atoms with Crippen molar-refractivity contribution in [2.75, 3.05) is 5.32 Å². The third-order valence-corrected chi connectivity index (χ3v) is 6.03. The molecule has 2 heterocycles. The van der Waals surface area contributed by atoms with Gasteiger partial charge < -0.3 is 15.1 Å². The van der Waals surface area contributed by atoms with Crippen LogP contribution in [0.5, 0.6) is 0 Å². The highest BCUT2D eigenvalue weighted by Crippen LogP contribution is 2.32. The predicted octanol–water partition coefficient (Wildman–Crippen LogP) is 6.27. The Labute approximate surface area is 180 Å². The topological polar surface area (TPSA) is 54.3 Å². The molecule has 2 N–H and O–H groups in total. The number of anilines is 1. The number of carbonyl (C=O) groups excluding carboxylic acids is 1. The molecule has 1 amide bonds. The number of thioether (sulfide) groups is 1. The Morgan fingerprint density at radius 3 is 2.71 bits per heavy atom. The summed E-state index contributed by atoms with van der Waals surface area (Å²) in [6, 6.07) is 17.3. The minimum absolute atomic E-state index is 0.129. The average molecular weight is 476 g/mol. The van der Waals surface area contributed by atoms with E-state index in [0.29, 0.717) is 15.7 Å². The number of nitrogens with one attached hydrogen (secondary N) is 2. The molecule has 4 rings (SSSR count). The molecule has 7 heteroatoms. The Balaban J connectivity index is 1.48. The van der Waals surface area contributed by atoms with Crippen molar-refractivity contribution in [3.8, 4) is 11.3 Å². The molecule has 4 nitrogen and oxygen atoms in total. The van der Waals surface area contributed by atoms with E-state index in [9.17, 15) is 4.79 Å². The van der Waals surface area contributed by atoms with Crippen LogP contribution in [0.2, 0.25) is 5.02 Å². The van der Waals surface area contributed by atoms with Crippen LogP contribution in [0.15, 0.2) is 68.4 Å². The number of halogens is 2. The smallest absolute Gasteiger partial charge is 0.260 e. The second kappa shape index (κ2) is 8.07. The van der Waals surface area contributed by atoms with Crippen LogP contribution in [0, 0.1) is 6.92 Å².